The Morgan fingerprint density at radius 3 is 2.62 bits per heavy atom. The Bertz CT molecular complexity index is 456. The second-order valence-corrected chi connectivity index (χ2v) is 6.74. The van der Waals surface area contributed by atoms with Gasteiger partial charge in [-0.3, -0.25) is 9.69 Å². The molecule has 0 amide bonds. The van der Waals surface area contributed by atoms with E-state index in [0.29, 0.717) is 6.54 Å². The first-order valence-electron chi connectivity index (χ1n) is 7.99. The van der Waals surface area contributed by atoms with Crippen LogP contribution in [0.4, 0.5) is 0 Å². The van der Waals surface area contributed by atoms with Crippen LogP contribution in [0.3, 0.4) is 0 Å². The van der Waals surface area contributed by atoms with E-state index in [1.54, 1.807) is 0 Å². The molecular weight excluding hydrogens is 262 g/mol. The largest absolute Gasteiger partial charge is 0.395 e. The molecule has 1 aromatic carbocycles. The highest BCUT2D eigenvalue weighted by Gasteiger charge is 2.33. The summed E-state index contributed by atoms with van der Waals surface area (Å²) in [6.07, 6.45) is 4.59. The van der Waals surface area contributed by atoms with Crippen molar-refractivity contribution >= 4 is 5.78 Å². The van der Waals surface area contributed by atoms with Gasteiger partial charge in [0.2, 0.25) is 0 Å². The molecule has 2 rings (SSSR count). The molecule has 1 aliphatic heterocycles. The molecular formula is C18H27NO2. The van der Waals surface area contributed by atoms with Gasteiger partial charge in [-0.25, -0.2) is 0 Å². The average molecular weight is 289 g/mol. The fourth-order valence-corrected chi connectivity index (χ4v) is 3.21. The minimum absolute atomic E-state index is 0.184. The molecule has 0 aromatic heterocycles. The number of Topliss-reactive ketones (excluding diaryl/α,β-unsaturated/α-hetero) is 1. The molecule has 3 heteroatoms. The van der Waals surface area contributed by atoms with Crippen LogP contribution >= 0.6 is 0 Å². The molecule has 1 heterocycles. The van der Waals surface area contributed by atoms with Gasteiger partial charge in [-0.05, 0) is 19.4 Å². The number of aliphatic hydroxyl groups is 1. The van der Waals surface area contributed by atoms with Crippen LogP contribution in [0.2, 0.25) is 0 Å². The van der Waals surface area contributed by atoms with E-state index in [4.69, 9.17) is 0 Å². The number of rotatable bonds is 5. The lowest BCUT2D eigenvalue weighted by Crippen LogP contribution is -2.45. The van der Waals surface area contributed by atoms with Crippen LogP contribution in [0.15, 0.2) is 30.3 Å². The highest BCUT2D eigenvalue weighted by Crippen LogP contribution is 2.27. The van der Waals surface area contributed by atoms with Crippen molar-refractivity contribution in [2.24, 2.45) is 5.41 Å². The second-order valence-electron chi connectivity index (χ2n) is 6.74. The Hall–Kier alpha value is -1.19. The number of nitrogens with zero attached hydrogens (tertiary/aromatic N) is 1. The lowest BCUT2D eigenvalue weighted by molar-refractivity contribution is 0.0627. The molecule has 0 aliphatic carbocycles. The maximum Gasteiger partial charge on any atom is 0.169 e. The summed E-state index contributed by atoms with van der Waals surface area (Å²) in [7, 11) is 0. The van der Waals surface area contributed by atoms with Crippen molar-refractivity contribution in [2.75, 3.05) is 19.7 Å². The Morgan fingerprint density at radius 2 is 1.95 bits per heavy atom. The van der Waals surface area contributed by atoms with E-state index in [9.17, 15) is 9.90 Å². The summed E-state index contributed by atoms with van der Waals surface area (Å²) in [4.78, 5) is 15.0. The van der Waals surface area contributed by atoms with Gasteiger partial charge in [-0.2, -0.15) is 0 Å². The number of hydrogen-bond donors (Lipinski definition) is 1. The number of aliphatic hydroxyl groups excluding tert-OH is 1. The Kier molecular flexibility index (Phi) is 5.54. The monoisotopic (exact) mass is 289 g/mol. The van der Waals surface area contributed by atoms with E-state index in [-0.39, 0.29) is 18.4 Å². The van der Waals surface area contributed by atoms with Gasteiger partial charge in [0.1, 0.15) is 0 Å². The summed E-state index contributed by atoms with van der Waals surface area (Å²) in [5.41, 5.74) is 0.344. The van der Waals surface area contributed by atoms with Gasteiger partial charge >= 0.3 is 0 Å². The Morgan fingerprint density at radius 1 is 1.24 bits per heavy atom. The summed E-state index contributed by atoms with van der Waals surface area (Å²) in [6.45, 7) is 5.92. The van der Waals surface area contributed by atoms with Crippen molar-refractivity contribution in [2.45, 2.75) is 45.6 Å². The molecule has 0 spiro atoms. The zero-order valence-corrected chi connectivity index (χ0v) is 13.2. The Balaban J connectivity index is 2.09. The molecule has 3 nitrogen and oxygen atoms in total. The topological polar surface area (TPSA) is 40.5 Å². The summed E-state index contributed by atoms with van der Waals surface area (Å²) < 4.78 is 0. The molecule has 0 saturated carbocycles. The van der Waals surface area contributed by atoms with Crippen LogP contribution in [0.25, 0.3) is 0 Å². The van der Waals surface area contributed by atoms with Crippen LogP contribution in [0, 0.1) is 5.41 Å². The highest BCUT2D eigenvalue weighted by molar-refractivity contribution is 6.00. The summed E-state index contributed by atoms with van der Waals surface area (Å²) in [5, 5.41) is 9.61. The maximum atomic E-state index is 12.7. The van der Waals surface area contributed by atoms with Gasteiger partial charge in [-0.15, -0.1) is 0 Å². The minimum atomic E-state index is -0.431. The van der Waals surface area contributed by atoms with Crippen LogP contribution in [-0.4, -0.2) is 41.5 Å². The lowest BCUT2D eigenvalue weighted by atomic mass is 9.83. The van der Waals surface area contributed by atoms with E-state index in [1.807, 2.05) is 44.2 Å². The molecule has 1 fully saturated rings. The van der Waals surface area contributed by atoms with Gasteiger partial charge in [0.25, 0.3) is 0 Å². The van der Waals surface area contributed by atoms with Crippen LogP contribution in [0.5, 0.6) is 0 Å². The number of ketones is 1. The predicted molar refractivity (Wildman–Crippen MR) is 85.5 cm³/mol. The molecule has 21 heavy (non-hydrogen) atoms. The van der Waals surface area contributed by atoms with E-state index >= 15 is 0 Å². The standard InChI is InChI=1S/C18H27NO2/c1-18(2,17(21)15-9-5-3-6-10-15)14-19-12-8-4-7-11-16(19)13-20/h3,5-6,9-10,16,20H,4,7-8,11-14H2,1-2H3. The van der Waals surface area contributed by atoms with Crippen LogP contribution in [0.1, 0.15) is 49.9 Å². The first kappa shape index (κ1) is 16.2. The van der Waals surface area contributed by atoms with Crippen LogP contribution in [-0.2, 0) is 0 Å². The zero-order valence-electron chi connectivity index (χ0n) is 13.2. The SMILES string of the molecule is CC(C)(CN1CCCCCC1CO)C(=O)c1ccccc1. The van der Waals surface area contributed by atoms with Gasteiger partial charge in [0.15, 0.2) is 5.78 Å². The third-order valence-corrected chi connectivity index (χ3v) is 4.46. The molecule has 116 valence electrons. The number of carbonyl (C=O) groups excluding carboxylic acids is 1. The maximum absolute atomic E-state index is 12.7. The fourth-order valence-electron chi connectivity index (χ4n) is 3.21. The van der Waals surface area contributed by atoms with Gasteiger partial charge in [0, 0.05) is 23.6 Å². The molecule has 1 unspecified atom stereocenters. The predicted octanol–water partition coefficient (Wildman–Crippen LogP) is 3.13. The Labute approximate surface area is 128 Å². The molecule has 1 saturated heterocycles. The molecule has 1 N–H and O–H groups in total. The molecule has 1 atom stereocenters. The number of benzene rings is 1. The van der Waals surface area contributed by atoms with Gasteiger partial charge < -0.3 is 5.11 Å². The van der Waals surface area contributed by atoms with Gasteiger partial charge in [0.05, 0.1) is 6.61 Å². The fraction of sp³-hybridized carbons (Fsp3) is 0.611. The van der Waals surface area contributed by atoms with Crippen molar-refractivity contribution in [1.82, 2.24) is 4.90 Å². The highest BCUT2D eigenvalue weighted by atomic mass is 16.3. The van der Waals surface area contributed by atoms with Crippen molar-refractivity contribution in [3.8, 4) is 0 Å². The number of hydrogen-bond acceptors (Lipinski definition) is 3. The van der Waals surface area contributed by atoms with Crippen molar-refractivity contribution in [3.05, 3.63) is 35.9 Å². The summed E-state index contributed by atoms with van der Waals surface area (Å²) in [6, 6.07) is 9.72. The second kappa shape index (κ2) is 7.19. The molecule has 0 radical (unpaired) electrons. The molecule has 0 bridgehead atoms. The van der Waals surface area contributed by atoms with E-state index in [0.717, 1.165) is 24.9 Å². The van der Waals surface area contributed by atoms with E-state index < -0.39 is 5.41 Å². The summed E-state index contributed by atoms with van der Waals surface area (Å²) in [5.74, 6) is 0.184. The normalized spacial score (nSPS) is 21.0. The van der Waals surface area contributed by atoms with Crippen molar-refractivity contribution in [1.29, 1.82) is 0 Å². The lowest BCUT2D eigenvalue weighted by Gasteiger charge is -2.35. The minimum Gasteiger partial charge on any atom is -0.395 e. The van der Waals surface area contributed by atoms with Crippen molar-refractivity contribution in [3.63, 3.8) is 0 Å². The zero-order chi connectivity index (χ0) is 15.3. The smallest absolute Gasteiger partial charge is 0.169 e. The number of likely N-dealkylation sites (tertiary alicyclic amines) is 1. The van der Waals surface area contributed by atoms with Crippen molar-refractivity contribution < 1.29 is 9.90 Å². The third kappa shape index (κ3) is 4.14. The van der Waals surface area contributed by atoms with E-state index in [2.05, 4.69) is 4.90 Å². The van der Waals surface area contributed by atoms with E-state index in [1.165, 1.54) is 12.8 Å². The average Bonchev–Trinajstić information content (AvgIpc) is 2.71. The van der Waals surface area contributed by atoms with Gasteiger partial charge in [-0.1, -0.05) is 57.0 Å². The first-order valence-corrected chi connectivity index (χ1v) is 7.99. The third-order valence-electron chi connectivity index (χ3n) is 4.46. The van der Waals surface area contributed by atoms with Crippen LogP contribution < -0.4 is 0 Å². The molecule has 1 aromatic rings. The summed E-state index contributed by atoms with van der Waals surface area (Å²) >= 11 is 0. The first-order chi connectivity index (χ1) is 10.0. The number of carbonyl (C=O) groups is 1. The molecule has 1 aliphatic rings. The quantitative estimate of drug-likeness (QED) is 0.847.